The standard InChI is InChI=1S/C17H19BrN2O/c1-11-4-6-13(7-5-11)12(2)20(3)17(21)15-9-8-14(18)10-16(15)19/h4-10,12H,19H2,1-3H3. The molecule has 2 aromatic carbocycles. The highest BCUT2D eigenvalue weighted by atomic mass is 79.9. The summed E-state index contributed by atoms with van der Waals surface area (Å²) in [7, 11) is 1.80. The molecule has 4 heteroatoms. The van der Waals surface area contributed by atoms with Gasteiger partial charge in [0.15, 0.2) is 0 Å². The number of nitrogens with zero attached hydrogens (tertiary/aromatic N) is 1. The lowest BCUT2D eigenvalue weighted by Gasteiger charge is -2.26. The summed E-state index contributed by atoms with van der Waals surface area (Å²) in [5.74, 6) is -0.0759. The average molecular weight is 347 g/mol. The molecular weight excluding hydrogens is 328 g/mol. The van der Waals surface area contributed by atoms with Gasteiger partial charge in [0.25, 0.3) is 5.91 Å². The van der Waals surface area contributed by atoms with Crippen LogP contribution < -0.4 is 5.73 Å². The van der Waals surface area contributed by atoms with Crippen molar-refractivity contribution in [2.45, 2.75) is 19.9 Å². The summed E-state index contributed by atoms with van der Waals surface area (Å²) in [5, 5.41) is 0. The predicted octanol–water partition coefficient (Wildman–Crippen LogP) is 4.17. The van der Waals surface area contributed by atoms with Crippen molar-refractivity contribution in [1.82, 2.24) is 4.90 Å². The van der Waals surface area contributed by atoms with Crippen LogP contribution in [0, 0.1) is 6.92 Å². The van der Waals surface area contributed by atoms with Crippen LogP contribution in [0.25, 0.3) is 0 Å². The fourth-order valence-electron chi connectivity index (χ4n) is 2.16. The molecule has 1 unspecified atom stereocenters. The van der Waals surface area contributed by atoms with Crippen molar-refractivity contribution in [2.24, 2.45) is 0 Å². The van der Waals surface area contributed by atoms with E-state index < -0.39 is 0 Å². The zero-order valence-corrected chi connectivity index (χ0v) is 14.0. The molecule has 0 radical (unpaired) electrons. The molecule has 0 aliphatic rings. The van der Waals surface area contributed by atoms with Crippen LogP contribution in [-0.2, 0) is 0 Å². The third kappa shape index (κ3) is 3.45. The Bertz CT molecular complexity index is 652. The lowest BCUT2D eigenvalue weighted by atomic mass is 10.0. The van der Waals surface area contributed by atoms with E-state index in [-0.39, 0.29) is 11.9 Å². The van der Waals surface area contributed by atoms with Gasteiger partial charge in [0.05, 0.1) is 11.6 Å². The Labute approximate surface area is 133 Å². The maximum absolute atomic E-state index is 12.6. The topological polar surface area (TPSA) is 46.3 Å². The zero-order chi connectivity index (χ0) is 15.6. The van der Waals surface area contributed by atoms with E-state index in [2.05, 4.69) is 40.2 Å². The summed E-state index contributed by atoms with van der Waals surface area (Å²) in [4.78, 5) is 14.3. The first-order valence-electron chi connectivity index (χ1n) is 6.79. The Hall–Kier alpha value is -1.81. The highest BCUT2D eigenvalue weighted by Crippen LogP contribution is 2.24. The van der Waals surface area contributed by atoms with Crippen LogP contribution in [0.3, 0.4) is 0 Å². The molecule has 0 aromatic heterocycles. The average Bonchev–Trinajstić information content (AvgIpc) is 2.46. The molecule has 2 N–H and O–H groups in total. The van der Waals surface area contributed by atoms with Gasteiger partial charge in [-0.05, 0) is 37.6 Å². The first-order chi connectivity index (χ1) is 9.90. The molecule has 0 heterocycles. The number of nitrogen functional groups attached to an aromatic ring is 1. The zero-order valence-electron chi connectivity index (χ0n) is 12.4. The van der Waals surface area contributed by atoms with Crippen molar-refractivity contribution in [2.75, 3.05) is 12.8 Å². The van der Waals surface area contributed by atoms with E-state index in [4.69, 9.17) is 5.73 Å². The number of nitrogens with two attached hydrogens (primary N) is 1. The Morgan fingerprint density at radius 3 is 2.38 bits per heavy atom. The predicted molar refractivity (Wildman–Crippen MR) is 90.2 cm³/mol. The Kier molecular flexibility index (Phi) is 4.68. The molecule has 0 bridgehead atoms. The van der Waals surface area contributed by atoms with Crippen molar-refractivity contribution in [1.29, 1.82) is 0 Å². The smallest absolute Gasteiger partial charge is 0.256 e. The first-order valence-corrected chi connectivity index (χ1v) is 7.58. The van der Waals surface area contributed by atoms with Gasteiger partial charge in [0.1, 0.15) is 0 Å². The third-order valence-corrected chi connectivity index (χ3v) is 4.20. The van der Waals surface area contributed by atoms with Crippen LogP contribution in [0.2, 0.25) is 0 Å². The molecule has 1 atom stereocenters. The third-order valence-electron chi connectivity index (χ3n) is 3.71. The van der Waals surface area contributed by atoms with E-state index in [1.54, 1.807) is 24.1 Å². The Morgan fingerprint density at radius 1 is 1.19 bits per heavy atom. The van der Waals surface area contributed by atoms with Crippen molar-refractivity contribution >= 4 is 27.5 Å². The second-order valence-corrected chi connectivity index (χ2v) is 6.15. The summed E-state index contributed by atoms with van der Waals surface area (Å²) >= 11 is 3.35. The minimum atomic E-state index is -0.0759. The van der Waals surface area contributed by atoms with Gasteiger partial charge in [0, 0.05) is 17.2 Å². The highest BCUT2D eigenvalue weighted by molar-refractivity contribution is 9.10. The van der Waals surface area contributed by atoms with E-state index in [1.807, 2.05) is 19.9 Å². The summed E-state index contributed by atoms with van der Waals surface area (Å²) in [5.41, 5.74) is 9.26. The molecule has 110 valence electrons. The molecule has 2 aromatic rings. The van der Waals surface area contributed by atoms with Gasteiger partial charge in [-0.1, -0.05) is 45.8 Å². The highest BCUT2D eigenvalue weighted by Gasteiger charge is 2.20. The number of benzene rings is 2. The number of aryl methyl sites for hydroxylation is 1. The Morgan fingerprint density at radius 2 is 1.81 bits per heavy atom. The fraction of sp³-hybridized carbons (Fsp3) is 0.235. The molecule has 0 saturated carbocycles. The summed E-state index contributed by atoms with van der Waals surface area (Å²) < 4.78 is 0.866. The van der Waals surface area contributed by atoms with Gasteiger partial charge in [-0.15, -0.1) is 0 Å². The van der Waals surface area contributed by atoms with Gasteiger partial charge in [-0.25, -0.2) is 0 Å². The van der Waals surface area contributed by atoms with Gasteiger partial charge < -0.3 is 10.6 Å². The quantitative estimate of drug-likeness (QED) is 0.847. The van der Waals surface area contributed by atoms with Gasteiger partial charge in [-0.2, -0.15) is 0 Å². The molecule has 1 amide bonds. The van der Waals surface area contributed by atoms with Crippen LogP contribution in [0.1, 0.15) is 34.5 Å². The number of anilines is 1. The first kappa shape index (κ1) is 15.6. The molecule has 0 saturated heterocycles. The lowest BCUT2D eigenvalue weighted by molar-refractivity contribution is 0.0743. The number of rotatable bonds is 3. The minimum Gasteiger partial charge on any atom is -0.398 e. The molecule has 2 rings (SSSR count). The van der Waals surface area contributed by atoms with Crippen LogP contribution >= 0.6 is 15.9 Å². The van der Waals surface area contributed by atoms with Crippen molar-refractivity contribution < 1.29 is 4.79 Å². The molecular formula is C17H19BrN2O. The summed E-state index contributed by atoms with van der Waals surface area (Å²) in [6.45, 7) is 4.06. The van der Waals surface area contributed by atoms with Gasteiger partial charge in [-0.3, -0.25) is 4.79 Å². The number of hydrogen-bond acceptors (Lipinski definition) is 2. The number of carbonyl (C=O) groups excluding carboxylic acids is 1. The van der Waals surface area contributed by atoms with E-state index in [9.17, 15) is 4.79 Å². The van der Waals surface area contributed by atoms with E-state index in [0.29, 0.717) is 11.3 Å². The lowest BCUT2D eigenvalue weighted by Crippen LogP contribution is -2.30. The molecule has 0 aliphatic heterocycles. The van der Waals surface area contributed by atoms with Gasteiger partial charge >= 0.3 is 0 Å². The number of carbonyl (C=O) groups is 1. The molecule has 0 aliphatic carbocycles. The SMILES string of the molecule is Cc1ccc(C(C)N(C)C(=O)c2ccc(Br)cc2N)cc1. The fourth-order valence-corrected chi connectivity index (χ4v) is 2.54. The molecule has 0 spiro atoms. The largest absolute Gasteiger partial charge is 0.398 e. The van der Waals surface area contributed by atoms with Crippen LogP contribution in [-0.4, -0.2) is 17.9 Å². The van der Waals surface area contributed by atoms with Crippen LogP contribution in [0.4, 0.5) is 5.69 Å². The molecule has 21 heavy (non-hydrogen) atoms. The summed E-state index contributed by atoms with van der Waals surface area (Å²) in [6.07, 6.45) is 0. The Balaban J connectivity index is 2.24. The van der Waals surface area contributed by atoms with Crippen LogP contribution in [0.15, 0.2) is 46.9 Å². The number of hydrogen-bond donors (Lipinski definition) is 1. The van der Waals surface area contributed by atoms with Gasteiger partial charge in [0.2, 0.25) is 0 Å². The van der Waals surface area contributed by atoms with Crippen LogP contribution in [0.5, 0.6) is 0 Å². The summed E-state index contributed by atoms with van der Waals surface area (Å²) in [6, 6.07) is 13.5. The van der Waals surface area contributed by atoms with E-state index >= 15 is 0 Å². The van der Waals surface area contributed by atoms with Crippen molar-refractivity contribution in [3.05, 3.63) is 63.6 Å². The minimum absolute atomic E-state index is 0.0128. The normalized spacial score (nSPS) is 12.0. The number of amides is 1. The maximum Gasteiger partial charge on any atom is 0.256 e. The number of halogens is 1. The second-order valence-electron chi connectivity index (χ2n) is 5.23. The molecule has 3 nitrogen and oxygen atoms in total. The monoisotopic (exact) mass is 346 g/mol. The maximum atomic E-state index is 12.6. The second kappa shape index (κ2) is 6.31. The van der Waals surface area contributed by atoms with E-state index in [1.165, 1.54) is 5.56 Å². The molecule has 0 fully saturated rings. The van der Waals surface area contributed by atoms with Crippen molar-refractivity contribution in [3.63, 3.8) is 0 Å². The van der Waals surface area contributed by atoms with Crippen molar-refractivity contribution in [3.8, 4) is 0 Å². The van der Waals surface area contributed by atoms with E-state index in [0.717, 1.165) is 10.0 Å².